The van der Waals surface area contributed by atoms with Gasteiger partial charge in [-0.1, -0.05) is 11.8 Å². The van der Waals surface area contributed by atoms with Gasteiger partial charge in [-0.25, -0.2) is 9.97 Å². The lowest BCUT2D eigenvalue weighted by Gasteiger charge is -1.98. The number of rotatable bonds is 2. The van der Waals surface area contributed by atoms with Gasteiger partial charge in [-0.05, 0) is 6.92 Å². The van der Waals surface area contributed by atoms with Crippen LogP contribution in [0.2, 0.25) is 0 Å². The maximum atomic E-state index is 8.25. The molecule has 1 rings (SSSR count). The Hall–Kier alpha value is -2.07. The average Bonchev–Trinajstić information content (AvgIpc) is 2.21. The maximum Gasteiger partial charge on any atom is 0.316 e. The molecule has 1 heterocycles. The van der Waals surface area contributed by atoms with E-state index in [1.54, 1.807) is 12.4 Å². The van der Waals surface area contributed by atoms with Crippen LogP contribution < -0.4 is 4.74 Å². The molecule has 0 N–H and O–H groups in total. The van der Waals surface area contributed by atoms with Crippen molar-refractivity contribution < 1.29 is 4.74 Å². The van der Waals surface area contributed by atoms with Crippen molar-refractivity contribution in [1.82, 2.24) is 9.97 Å². The topological polar surface area (TPSA) is 58.8 Å². The molecule has 0 spiro atoms. The van der Waals surface area contributed by atoms with Crippen LogP contribution in [0.1, 0.15) is 18.9 Å². The van der Waals surface area contributed by atoms with Gasteiger partial charge in [0.2, 0.25) is 0 Å². The molecule has 0 saturated heterocycles. The van der Waals surface area contributed by atoms with Crippen LogP contribution in [0.25, 0.3) is 0 Å². The summed E-state index contributed by atoms with van der Waals surface area (Å²) in [6.07, 6.45) is 3.36. The van der Waals surface area contributed by atoms with Crippen molar-refractivity contribution in [3.05, 3.63) is 18.0 Å². The number of aromatic nitrogens is 2. The number of hydrogen-bond donors (Lipinski definition) is 0. The first kappa shape index (κ1) is 10.0. The van der Waals surface area contributed by atoms with Crippen molar-refractivity contribution in [3.63, 3.8) is 0 Å². The average molecular weight is 187 g/mol. The Bertz CT molecular complexity index is 381. The van der Waals surface area contributed by atoms with Gasteiger partial charge in [0.1, 0.15) is 0 Å². The third kappa shape index (κ3) is 3.12. The van der Waals surface area contributed by atoms with Gasteiger partial charge in [0.25, 0.3) is 0 Å². The molecule has 0 radical (unpaired) electrons. The van der Waals surface area contributed by atoms with Gasteiger partial charge in [-0.3, -0.25) is 0 Å². The van der Waals surface area contributed by atoms with E-state index < -0.39 is 0 Å². The predicted octanol–water partition coefficient (Wildman–Crippen LogP) is 1.14. The van der Waals surface area contributed by atoms with E-state index in [4.69, 9.17) is 10.00 Å². The summed E-state index contributed by atoms with van der Waals surface area (Å²) in [6.45, 7) is 2.41. The lowest BCUT2D eigenvalue weighted by Crippen LogP contribution is -1.96. The fourth-order valence-electron chi connectivity index (χ4n) is 0.770. The van der Waals surface area contributed by atoms with E-state index in [1.165, 1.54) is 0 Å². The molecular weight excluding hydrogens is 178 g/mol. The Morgan fingerprint density at radius 2 is 2.14 bits per heavy atom. The van der Waals surface area contributed by atoms with Crippen LogP contribution in [0.4, 0.5) is 0 Å². The zero-order valence-corrected chi connectivity index (χ0v) is 7.82. The molecule has 0 aliphatic carbocycles. The van der Waals surface area contributed by atoms with Crippen molar-refractivity contribution in [1.29, 1.82) is 5.26 Å². The zero-order chi connectivity index (χ0) is 10.2. The van der Waals surface area contributed by atoms with Crippen LogP contribution in [0.3, 0.4) is 0 Å². The molecule has 0 bridgehead atoms. The highest BCUT2D eigenvalue weighted by Gasteiger charge is 1.93. The fraction of sp³-hybridized carbons (Fsp3) is 0.300. The third-order valence-corrected chi connectivity index (χ3v) is 1.30. The minimum absolute atomic E-state index is 0.215. The van der Waals surface area contributed by atoms with Crippen molar-refractivity contribution in [2.75, 3.05) is 6.61 Å². The molecule has 1 aromatic heterocycles. The second-order valence-corrected chi connectivity index (χ2v) is 2.32. The van der Waals surface area contributed by atoms with E-state index in [1.807, 2.05) is 13.0 Å². The molecule has 14 heavy (non-hydrogen) atoms. The number of hydrogen-bond acceptors (Lipinski definition) is 4. The predicted molar refractivity (Wildman–Crippen MR) is 50.3 cm³/mol. The summed E-state index contributed by atoms with van der Waals surface area (Å²) in [5, 5.41) is 8.25. The minimum atomic E-state index is 0.215. The van der Waals surface area contributed by atoms with E-state index in [2.05, 4.69) is 21.8 Å². The second kappa shape index (κ2) is 5.55. The first-order valence-electron chi connectivity index (χ1n) is 4.17. The monoisotopic (exact) mass is 187 g/mol. The Kier molecular flexibility index (Phi) is 3.97. The van der Waals surface area contributed by atoms with E-state index in [0.717, 1.165) is 0 Å². The first-order valence-corrected chi connectivity index (χ1v) is 4.17. The summed E-state index contributed by atoms with van der Waals surface area (Å²) < 4.78 is 5.06. The number of nitrogens with zero attached hydrogens (tertiary/aromatic N) is 3. The van der Waals surface area contributed by atoms with E-state index >= 15 is 0 Å². The number of ether oxygens (including phenoxy) is 1. The van der Waals surface area contributed by atoms with Gasteiger partial charge in [0.05, 0.1) is 24.7 Å². The van der Waals surface area contributed by atoms with Gasteiger partial charge < -0.3 is 4.74 Å². The molecule has 0 fully saturated rings. The molecule has 0 atom stereocenters. The second-order valence-electron chi connectivity index (χ2n) is 2.32. The Morgan fingerprint density at radius 1 is 1.43 bits per heavy atom. The minimum Gasteiger partial charge on any atom is -0.464 e. The van der Waals surface area contributed by atoms with Gasteiger partial charge in [-0.2, -0.15) is 5.26 Å². The molecule has 0 saturated carbocycles. The molecular formula is C10H9N3O. The summed E-state index contributed by atoms with van der Waals surface area (Å²) >= 11 is 0. The summed E-state index contributed by atoms with van der Waals surface area (Å²) in [7, 11) is 0. The highest BCUT2D eigenvalue weighted by Crippen LogP contribution is 2.00. The van der Waals surface area contributed by atoms with Crippen LogP contribution in [0, 0.1) is 23.2 Å². The van der Waals surface area contributed by atoms with Crippen molar-refractivity contribution in [2.24, 2.45) is 0 Å². The van der Waals surface area contributed by atoms with Gasteiger partial charge >= 0.3 is 6.01 Å². The third-order valence-electron chi connectivity index (χ3n) is 1.30. The highest BCUT2D eigenvalue weighted by atomic mass is 16.5. The van der Waals surface area contributed by atoms with Crippen LogP contribution in [0.15, 0.2) is 12.4 Å². The molecule has 4 heteroatoms. The van der Waals surface area contributed by atoms with E-state index in [-0.39, 0.29) is 6.42 Å². The molecule has 0 aliphatic rings. The summed E-state index contributed by atoms with van der Waals surface area (Å²) in [5.74, 6) is 5.43. The summed E-state index contributed by atoms with van der Waals surface area (Å²) in [6, 6.07) is 2.28. The van der Waals surface area contributed by atoms with Crippen LogP contribution in [-0.2, 0) is 0 Å². The van der Waals surface area contributed by atoms with Crippen LogP contribution >= 0.6 is 0 Å². The van der Waals surface area contributed by atoms with E-state index in [9.17, 15) is 0 Å². The Labute approximate surface area is 82.6 Å². The molecule has 0 unspecified atom stereocenters. The standard InChI is InChI=1S/C10H9N3O/c1-2-14-10-12-7-9(8-13-10)5-3-4-6-11/h7-8H,2,4H2,1H3. The van der Waals surface area contributed by atoms with Gasteiger partial charge in [0.15, 0.2) is 0 Å². The molecule has 4 nitrogen and oxygen atoms in total. The fourth-order valence-corrected chi connectivity index (χ4v) is 0.770. The van der Waals surface area contributed by atoms with E-state index in [0.29, 0.717) is 18.2 Å². The smallest absolute Gasteiger partial charge is 0.316 e. The zero-order valence-electron chi connectivity index (χ0n) is 7.82. The van der Waals surface area contributed by atoms with Crippen LogP contribution in [0.5, 0.6) is 6.01 Å². The van der Waals surface area contributed by atoms with Crippen molar-refractivity contribution in [3.8, 4) is 23.9 Å². The lowest BCUT2D eigenvalue weighted by atomic mass is 10.3. The molecule has 1 aromatic rings. The quantitative estimate of drug-likeness (QED) is 0.651. The SMILES string of the molecule is CCOc1ncc(C#CCC#N)cn1. The van der Waals surface area contributed by atoms with Gasteiger partial charge in [-0.15, -0.1) is 0 Å². The summed E-state index contributed by atoms with van der Waals surface area (Å²) in [4.78, 5) is 7.86. The molecule has 70 valence electrons. The molecule has 0 aromatic carbocycles. The van der Waals surface area contributed by atoms with Crippen molar-refractivity contribution >= 4 is 0 Å². The normalized spacial score (nSPS) is 8.29. The molecule has 0 amide bonds. The maximum absolute atomic E-state index is 8.25. The Morgan fingerprint density at radius 3 is 2.71 bits per heavy atom. The lowest BCUT2D eigenvalue weighted by molar-refractivity contribution is 0.312. The van der Waals surface area contributed by atoms with Crippen LogP contribution in [-0.4, -0.2) is 16.6 Å². The number of nitriles is 1. The first-order chi connectivity index (χ1) is 6.86. The summed E-state index contributed by atoms with van der Waals surface area (Å²) in [5.41, 5.74) is 0.684. The Balaban J connectivity index is 2.66. The highest BCUT2D eigenvalue weighted by molar-refractivity contribution is 5.30. The van der Waals surface area contributed by atoms with Crippen molar-refractivity contribution in [2.45, 2.75) is 13.3 Å². The van der Waals surface area contributed by atoms with Gasteiger partial charge in [0, 0.05) is 12.4 Å². The molecule has 0 aliphatic heterocycles. The largest absolute Gasteiger partial charge is 0.464 e.